The van der Waals surface area contributed by atoms with Gasteiger partial charge in [0.2, 0.25) is 0 Å². The number of Topliss-reactive ketones (excluding diaryl/α,β-unsaturated/α-hetero) is 1. The van der Waals surface area contributed by atoms with Gasteiger partial charge in [-0.25, -0.2) is 8.42 Å². The SMILES string of the molecule is CCOc1cccc(C(O)=C2C(=O)C(=O)N([C@H]3CCS(=O)(=O)C3)[C@@H]2c2ccc(C(C)C)cc2)c1. The number of ether oxygens (including phenoxy) is 1. The van der Waals surface area contributed by atoms with Crippen LogP contribution < -0.4 is 4.74 Å². The second kappa shape index (κ2) is 9.25. The number of hydrogen-bond acceptors (Lipinski definition) is 6. The number of carbonyl (C=O) groups excluding carboxylic acids is 2. The highest BCUT2D eigenvalue weighted by molar-refractivity contribution is 7.91. The van der Waals surface area contributed by atoms with Crippen molar-refractivity contribution in [3.63, 3.8) is 0 Å². The van der Waals surface area contributed by atoms with Crippen molar-refractivity contribution >= 4 is 27.3 Å². The molecule has 2 aromatic rings. The van der Waals surface area contributed by atoms with E-state index in [1.54, 1.807) is 24.3 Å². The Balaban J connectivity index is 1.86. The second-order valence-corrected chi connectivity index (χ2v) is 11.3. The Morgan fingerprint density at radius 2 is 1.85 bits per heavy atom. The highest BCUT2D eigenvalue weighted by Gasteiger charge is 2.50. The zero-order valence-corrected chi connectivity index (χ0v) is 20.3. The van der Waals surface area contributed by atoms with Crippen LogP contribution in [0.25, 0.3) is 5.76 Å². The predicted molar refractivity (Wildman–Crippen MR) is 129 cm³/mol. The third-order valence-electron chi connectivity index (χ3n) is 6.42. The van der Waals surface area contributed by atoms with Crippen LogP contribution in [0.2, 0.25) is 0 Å². The molecule has 1 amide bonds. The molecule has 0 unspecified atom stereocenters. The van der Waals surface area contributed by atoms with Gasteiger partial charge in [0.1, 0.15) is 11.5 Å². The van der Waals surface area contributed by atoms with Gasteiger partial charge in [0.25, 0.3) is 11.7 Å². The van der Waals surface area contributed by atoms with Crippen molar-refractivity contribution in [2.24, 2.45) is 0 Å². The number of likely N-dealkylation sites (tertiary alicyclic amines) is 1. The van der Waals surface area contributed by atoms with Gasteiger partial charge >= 0.3 is 0 Å². The maximum absolute atomic E-state index is 13.2. The first-order chi connectivity index (χ1) is 16.1. The van der Waals surface area contributed by atoms with Crippen molar-refractivity contribution in [1.82, 2.24) is 4.90 Å². The topological polar surface area (TPSA) is 101 Å². The van der Waals surface area contributed by atoms with Crippen molar-refractivity contribution in [3.8, 4) is 5.75 Å². The van der Waals surface area contributed by atoms with Crippen molar-refractivity contribution in [1.29, 1.82) is 0 Å². The summed E-state index contributed by atoms with van der Waals surface area (Å²) >= 11 is 0. The Hall–Kier alpha value is -3.13. The number of amides is 1. The summed E-state index contributed by atoms with van der Waals surface area (Å²) in [6.45, 7) is 6.41. The summed E-state index contributed by atoms with van der Waals surface area (Å²) in [5.74, 6) is -1.32. The van der Waals surface area contributed by atoms with Gasteiger partial charge < -0.3 is 14.7 Å². The number of rotatable bonds is 6. The first kappa shape index (κ1) is 24.0. The maximum atomic E-state index is 13.2. The zero-order chi connectivity index (χ0) is 24.6. The van der Waals surface area contributed by atoms with Crippen LogP contribution in [0.1, 0.15) is 55.8 Å². The molecule has 0 radical (unpaired) electrons. The number of carbonyl (C=O) groups is 2. The number of ketones is 1. The molecule has 8 heteroatoms. The van der Waals surface area contributed by atoms with Crippen molar-refractivity contribution < 1.29 is 27.9 Å². The van der Waals surface area contributed by atoms with E-state index in [0.29, 0.717) is 29.4 Å². The van der Waals surface area contributed by atoms with Crippen LogP contribution in [-0.4, -0.2) is 54.3 Å². The molecule has 0 aromatic heterocycles. The molecule has 2 saturated heterocycles. The van der Waals surface area contributed by atoms with Crippen LogP contribution in [0.15, 0.2) is 54.1 Å². The number of sulfone groups is 1. The van der Waals surface area contributed by atoms with Crippen LogP contribution in [0.5, 0.6) is 5.75 Å². The largest absolute Gasteiger partial charge is 0.507 e. The van der Waals surface area contributed by atoms with Gasteiger partial charge in [-0.3, -0.25) is 9.59 Å². The number of nitrogens with zero attached hydrogens (tertiary/aromatic N) is 1. The lowest BCUT2D eigenvalue weighted by Crippen LogP contribution is -2.40. The molecule has 2 heterocycles. The standard InChI is InChI=1S/C26H29NO6S/c1-4-33-21-7-5-6-19(14-21)24(28)22-23(18-10-8-17(9-11-18)16(2)3)27(26(30)25(22)29)20-12-13-34(31,32)15-20/h5-11,14,16,20,23,28H,4,12-13,15H2,1-3H3/t20-,23+/m0/s1. The molecular weight excluding hydrogens is 454 g/mol. The van der Waals surface area contributed by atoms with E-state index in [-0.39, 0.29) is 29.3 Å². The summed E-state index contributed by atoms with van der Waals surface area (Å²) in [4.78, 5) is 27.8. The van der Waals surface area contributed by atoms with Gasteiger partial charge in [0, 0.05) is 11.6 Å². The fourth-order valence-electron chi connectivity index (χ4n) is 4.67. The molecule has 2 fully saturated rings. The molecule has 2 aliphatic rings. The lowest BCUT2D eigenvalue weighted by molar-refractivity contribution is -0.141. The molecule has 0 aliphatic carbocycles. The third kappa shape index (κ3) is 4.46. The van der Waals surface area contributed by atoms with E-state index in [1.807, 2.05) is 31.2 Å². The average molecular weight is 484 g/mol. The van der Waals surface area contributed by atoms with Crippen LogP contribution in [-0.2, 0) is 19.4 Å². The van der Waals surface area contributed by atoms with Gasteiger partial charge in [0.15, 0.2) is 9.84 Å². The molecule has 1 N–H and O–H groups in total. The summed E-state index contributed by atoms with van der Waals surface area (Å²) in [6.07, 6.45) is 0.260. The van der Waals surface area contributed by atoms with Gasteiger partial charge in [-0.2, -0.15) is 0 Å². The lowest BCUT2D eigenvalue weighted by Gasteiger charge is -2.30. The Kier molecular flexibility index (Phi) is 6.53. The average Bonchev–Trinajstić information content (AvgIpc) is 3.29. The fourth-order valence-corrected chi connectivity index (χ4v) is 6.38. The fraction of sp³-hybridized carbons (Fsp3) is 0.385. The van der Waals surface area contributed by atoms with E-state index >= 15 is 0 Å². The molecular formula is C26H29NO6S. The number of benzene rings is 2. The summed E-state index contributed by atoms with van der Waals surface area (Å²) < 4.78 is 29.9. The Labute approximate surface area is 200 Å². The molecule has 2 aromatic carbocycles. The molecule has 4 rings (SSSR count). The molecule has 2 aliphatic heterocycles. The minimum absolute atomic E-state index is 0.0317. The van der Waals surface area contributed by atoms with E-state index in [9.17, 15) is 23.1 Å². The molecule has 0 saturated carbocycles. The Bertz CT molecular complexity index is 1250. The summed E-state index contributed by atoms with van der Waals surface area (Å²) in [6, 6.07) is 12.7. The van der Waals surface area contributed by atoms with Crippen molar-refractivity contribution in [2.75, 3.05) is 18.1 Å². The smallest absolute Gasteiger partial charge is 0.295 e. The number of hydrogen-bond donors (Lipinski definition) is 1. The Morgan fingerprint density at radius 3 is 2.44 bits per heavy atom. The van der Waals surface area contributed by atoms with Crippen LogP contribution in [0.4, 0.5) is 0 Å². The van der Waals surface area contributed by atoms with Crippen molar-refractivity contribution in [2.45, 2.75) is 45.2 Å². The monoisotopic (exact) mass is 483 g/mol. The highest BCUT2D eigenvalue weighted by Crippen LogP contribution is 2.42. The maximum Gasteiger partial charge on any atom is 0.295 e. The summed E-state index contributed by atoms with van der Waals surface area (Å²) in [5.41, 5.74) is 2.05. The summed E-state index contributed by atoms with van der Waals surface area (Å²) in [7, 11) is -3.30. The minimum atomic E-state index is -3.30. The molecule has 180 valence electrons. The van der Waals surface area contributed by atoms with Crippen molar-refractivity contribution in [3.05, 3.63) is 70.8 Å². The van der Waals surface area contributed by atoms with E-state index < -0.39 is 33.6 Å². The summed E-state index contributed by atoms with van der Waals surface area (Å²) in [5, 5.41) is 11.2. The molecule has 0 bridgehead atoms. The van der Waals surface area contributed by atoms with E-state index in [0.717, 1.165) is 5.56 Å². The predicted octanol–water partition coefficient (Wildman–Crippen LogP) is 3.82. The zero-order valence-electron chi connectivity index (χ0n) is 19.5. The van der Waals surface area contributed by atoms with Crippen LogP contribution in [0, 0.1) is 0 Å². The quantitative estimate of drug-likeness (QED) is 0.381. The lowest BCUT2D eigenvalue weighted by atomic mass is 9.92. The molecule has 7 nitrogen and oxygen atoms in total. The van der Waals surface area contributed by atoms with E-state index in [2.05, 4.69) is 13.8 Å². The second-order valence-electron chi connectivity index (χ2n) is 9.05. The highest BCUT2D eigenvalue weighted by atomic mass is 32.2. The molecule has 34 heavy (non-hydrogen) atoms. The first-order valence-electron chi connectivity index (χ1n) is 11.5. The Morgan fingerprint density at radius 1 is 1.15 bits per heavy atom. The minimum Gasteiger partial charge on any atom is -0.507 e. The van der Waals surface area contributed by atoms with E-state index in [1.165, 1.54) is 4.90 Å². The molecule has 2 atom stereocenters. The van der Waals surface area contributed by atoms with Gasteiger partial charge in [-0.1, -0.05) is 50.2 Å². The first-order valence-corrected chi connectivity index (χ1v) is 13.3. The van der Waals surface area contributed by atoms with Gasteiger partial charge in [-0.15, -0.1) is 0 Å². The number of aliphatic hydroxyl groups is 1. The van der Waals surface area contributed by atoms with Crippen LogP contribution >= 0.6 is 0 Å². The normalized spacial score (nSPS) is 23.6. The number of aliphatic hydroxyl groups excluding tert-OH is 1. The van der Waals surface area contributed by atoms with Gasteiger partial charge in [-0.05, 0) is 42.5 Å². The molecule has 0 spiro atoms. The third-order valence-corrected chi connectivity index (χ3v) is 8.17. The van der Waals surface area contributed by atoms with Crippen LogP contribution in [0.3, 0.4) is 0 Å². The van der Waals surface area contributed by atoms with E-state index in [4.69, 9.17) is 4.74 Å². The van der Waals surface area contributed by atoms with Gasteiger partial charge in [0.05, 0.1) is 29.7 Å².